The molecule has 0 atom stereocenters. The number of nitrogens with zero attached hydrogens (tertiary/aromatic N) is 3. The second-order valence-corrected chi connectivity index (χ2v) is 5.97. The third-order valence-corrected chi connectivity index (χ3v) is 3.36. The van der Waals surface area contributed by atoms with Gasteiger partial charge in [-0.15, -0.1) is 0 Å². The summed E-state index contributed by atoms with van der Waals surface area (Å²) >= 11 is 0. The van der Waals surface area contributed by atoms with Crippen molar-refractivity contribution in [3.63, 3.8) is 0 Å². The molecule has 1 heterocycles. The lowest BCUT2D eigenvalue weighted by atomic mass is 10.0. The molecule has 0 unspecified atom stereocenters. The molecule has 1 aromatic rings. The van der Waals surface area contributed by atoms with Crippen LogP contribution >= 0.6 is 0 Å². The Kier molecular flexibility index (Phi) is 4.68. The van der Waals surface area contributed by atoms with Crippen molar-refractivity contribution in [2.45, 2.75) is 46.1 Å². The lowest BCUT2D eigenvalue weighted by Gasteiger charge is -2.32. The highest BCUT2D eigenvalue weighted by Gasteiger charge is 2.20. The average molecular weight is 250 g/mol. The molecule has 18 heavy (non-hydrogen) atoms. The first-order chi connectivity index (χ1) is 8.22. The number of rotatable bonds is 5. The topological polar surface area (TPSA) is 41.1 Å². The van der Waals surface area contributed by atoms with Crippen LogP contribution in [-0.2, 0) is 0 Å². The number of nitrogens with one attached hydrogen (secondary N) is 1. The van der Waals surface area contributed by atoms with Crippen LogP contribution in [0.25, 0.3) is 0 Å². The van der Waals surface area contributed by atoms with Crippen LogP contribution in [0.3, 0.4) is 0 Å². The maximum Gasteiger partial charge on any atom is 0.223 e. The molecular weight excluding hydrogens is 224 g/mol. The molecule has 0 saturated carbocycles. The van der Waals surface area contributed by atoms with Gasteiger partial charge in [0.1, 0.15) is 0 Å². The maximum atomic E-state index is 4.55. The summed E-state index contributed by atoms with van der Waals surface area (Å²) in [6, 6.07) is 2.05. The molecule has 1 N–H and O–H groups in total. The van der Waals surface area contributed by atoms with Gasteiger partial charge in [0, 0.05) is 23.5 Å². The normalized spacial score (nSPS) is 12.3. The molecule has 0 bridgehead atoms. The van der Waals surface area contributed by atoms with Gasteiger partial charge in [-0.3, -0.25) is 0 Å². The van der Waals surface area contributed by atoms with Gasteiger partial charge >= 0.3 is 0 Å². The minimum atomic E-state index is 0.0745. The fourth-order valence-electron chi connectivity index (χ4n) is 1.42. The second kappa shape index (κ2) is 5.65. The number of aromatic nitrogens is 2. The van der Waals surface area contributed by atoms with Gasteiger partial charge in [-0.1, -0.05) is 13.8 Å². The summed E-state index contributed by atoms with van der Waals surface area (Å²) in [6.45, 7) is 11.5. The quantitative estimate of drug-likeness (QED) is 0.872. The fraction of sp³-hybridized carbons (Fsp3) is 0.714. The SMILES string of the molecule is Cc1cc(C(C)C)nc(NCC(C)(C)N(C)C)n1. The van der Waals surface area contributed by atoms with Crippen LogP contribution in [-0.4, -0.2) is 41.0 Å². The number of likely N-dealkylation sites (N-methyl/N-ethyl adjacent to an activating group) is 1. The van der Waals surface area contributed by atoms with E-state index in [0.717, 1.165) is 23.9 Å². The van der Waals surface area contributed by atoms with Crippen LogP contribution in [0, 0.1) is 6.92 Å². The van der Waals surface area contributed by atoms with Gasteiger partial charge in [0.2, 0.25) is 5.95 Å². The minimum Gasteiger partial charge on any atom is -0.352 e. The summed E-state index contributed by atoms with van der Waals surface area (Å²) in [5, 5.41) is 3.34. The zero-order chi connectivity index (χ0) is 13.9. The van der Waals surface area contributed by atoms with E-state index in [1.807, 2.05) is 13.0 Å². The van der Waals surface area contributed by atoms with E-state index in [0.29, 0.717) is 5.92 Å². The van der Waals surface area contributed by atoms with Crippen LogP contribution in [0.4, 0.5) is 5.95 Å². The summed E-state index contributed by atoms with van der Waals surface area (Å²) < 4.78 is 0. The Labute approximate surface area is 111 Å². The highest BCUT2D eigenvalue weighted by atomic mass is 15.2. The first-order valence-electron chi connectivity index (χ1n) is 6.49. The molecule has 0 fully saturated rings. The van der Waals surface area contributed by atoms with Crippen molar-refractivity contribution < 1.29 is 0 Å². The summed E-state index contributed by atoms with van der Waals surface area (Å²) in [4.78, 5) is 11.2. The largest absolute Gasteiger partial charge is 0.352 e. The van der Waals surface area contributed by atoms with Crippen molar-refractivity contribution in [1.82, 2.24) is 14.9 Å². The molecule has 0 aromatic carbocycles. The molecule has 0 amide bonds. The van der Waals surface area contributed by atoms with Crippen molar-refractivity contribution >= 4 is 5.95 Å². The van der Waals surface area contributed by atoms with Gasteiger partial charge in [0.05, 0.1) is 0 Å². The molecule has 102 valence electrons. The van der Waals surface area contributed by atoms with Crippen molar-refractivity contribution in [2.75, 3.05) is 26.0 Å². The lowest BCUT2D eigenvalue weighted by molar-refractivity contribution is 0.209. The number of anilines is 1. The van der Waals surface area contributed by atoms with Crippen LogP contribution < -0.4 is 5.32 Å². The molecule has 0 aliphatic carbocycles. The third kappa shape index (κ3) is 3.95. The first-order valence-corrected chi connectivity index (χ1v) is 6.49. The standard InChI is InChI=1S/C14H26N4/c1-10(2)12-8-11(3)16-13(17-12)15-9-14(4,5)18(6)7/h8,10H,9H2,1-7H3,(H,15,16,17). The molecule has 0 aliphatic rings. The van der Waals surface area contributed by atoms with Crippen molar-refractivity contribution in [3.05, 3.63) is 17.5 Å². The molecule has 4 heteroatoms. The average Bonchev–Trinajstić information content (AvgIpc) is 2.25. The second-order valence-electron chi connectivity index (χ2n) is 5.97. The predicted octanol–water partition coefficient (Wildman–Crippen LogP) is 2.66. The van der Waals surface area contributed by atoms with E-state index >= 15 is 0 Å². The van der Waals surface area contributed by atoms with E-state index in [1.54, 1.807) is 0 Å². The van der Waals surface area contributed by atoms with E-state index in [-0.39, 0.29) is 5.54 Å². The van der Waals surface area contributed by atoms with Crippen LogP contribution in [0.1, 0.15) is 45.0 Å². The van der Waals surface area contributed by atoms with Crippen LogP contribution in [0.2, 0.25) is 0 Å². The van der Waals surface area contributed by atoms with Gasteiger partial charge in [-0.25, -0.2) is 9.97 Å². The predicted molar refractivity (Wildman–Crippen MR) is 77.1 cm³/mol. The van der Waals surface area contributed by atoms with Crippen LogP contribution in [0.5, 0.6) is 0 Å². The first kappa shape index (κ1) is 14.9. The van der Waals surface area contributed by atoms with Gasteiger partial charge in [-0.05, 0) is 46.9 Å². The number of hydrogen-bond acceptors (Lipinski definition) is 4. The highest BCUT2D eigenvalue weighted by Crippen LogP contribution is 2.16. The summed E-state index contributed by atoms with van der Waals surface area (Å²) in [7, 11) is 4.16. The van der Waals surface area contributed by atoms with Gasteiger partial charge in [-0.2, -0.15) is 0 Å². The monoisotopic (exact) mass is 250 g/mol. The molecule has 0 aliphatic heterocycles. The van der Waals surface area contributed by atoms with E-state index < -0.39 is 0 Å². The third-order valence-electron chi connectivity index (χ3n) is 3.36. The Balaban J connectivity index is 2.79. The zero-order valence-corrected chi connectivity index (χ0v) is 12.7. The molecular formula is C14H26N4. The summed E-state index contributed by atoms with van der Waals surface area (Å²) in [6.07, 6.45) is 0. The minimum absolute atomic E-state index is 0.0745. The van der Waals surface area contributed by atoms with E-state index in [2.05, 4.69) is 62.0 Å². The summed E-state index contributed by atoms with van der Waals surface area (Å²) in [5.41, 5.74) is 2.18. The number of aryl methyl sites for hydroxylation is 1. The Bertz CT molecular complexity index is 397. The van der Waals surface area contributed by atoms with Gasteiger partial charge < -0.3 is 10.2 Å². The maximum absolute atomic E-state index is 4.55. The van der Waals surface area contributed by atoms with E-state index in [9.17, 15) is 0 Å². The smallest absolute Gasteiger partial charge is 0.223 e. The van der Waals surface area contributed by atoms with Gasteiger partial charge in [0.25, 0.3) is 0 Å². The van der Waals surface area contributed by atoms with E-state index in [1.165, 1.54) is 0 Å². The van der Waals surface area contributed by atoms with Crippen molar-refractivity contribution in [2.24, 2.45) is 0 Å². The van der Waals surface area contributed by atoms with Crippen LogP contribution in [0.15, 0.2) is 6.07 Å². The molecule has 4 nitrogen and oxygen atoms in total. The summed E-state index contributed by atoms with van der Waals surface area (Å²) in [5.74, 6) is 1.16. The molecule has 0 saturated heterocycles. The van der Waals surface area contributed by atoms with Gasteiger partial charge in [0.15, 0.2) is 0 Å². The fourth-order valence-corrected chi connectivity index (χ4v) is 1.42. The Hall–Kier alpha value is -1.16. The van der Waals surface area contributed by atoms with Crippen molar-refractivity contribution in [3.8, 4) is 0 Å². The van der Waals surface area contributed by atoms with Crippen molar-refractivity contribution in [1.29, 1.82) is 0 Å². The lowest BCUT2D eigenvalue weighted by Crippen LogP contribution is -2.44. The Morgan fingerprint density at radius 3 is 2.39 bits per heavy atom. The van der Waals surface area contributed by atoms with E-state index in [4.69, 9.17) is 0 Å². The zero-order valence-electron chi connectivity index (χ0n) is 12.7. The Morgan fingerprint density at radius 1 is 1.28 bits per heavy atom. The molecule has 0 radical (unpaired) electrons. The molecule has 1 aromatic heterocycles. The Morgan fingerprint density at radius 2 is 1.89 bits per heavy atom. The number of hydrogen-bond donors (Lipinski definition) is 1. The highest BCUT2D eigenvalue weighted by molar-refractivity contribution is 5.29. The molecule has 1 rings (SSSR count). The molecule has 0 spiro atoms.